The van der Waals surface area contributed by atoms with Gasteiger partial charge in [-0.05, 0) is 12.8 Å². The fourth-order valence-electron chi connectivity index (χ4n) is 1.05. The predicted octanol–water partition coefficient (Wildman–Crippen LogP) is 0.973. The molecule has 0 aliphatic carbocycles. The summed E-state index contributed by atoms with van der Waals surface area (Å²) in [6.45, 7) is 6.72. The molecule has 0 bridgehead atoms. The van der Waals surface area contributed by atoms with Crippen molar-refractivity contribution in [2.45, 2.75) is 52.7 Å². The maximum atomic E-state index is 9.70. The fourth-order valence-corrected chi connectivity index (χ4v) is 1.05. The normalized spacial score (nSPS) is 20.4. The molecule has 0 aromatic rings. The van der Waals surface area contributed by atoms with Crippen LogP contribution in [0.3, 0.4) is 0 Å². The van der Waals surface area contributed by atoms with Gasteiger partial charge in [0.05, 0.1) is 37.3 Å². The number of carbonyl (C=O) groups is 2. The van der Waals surface area contributed by atoms with E-state index in [9.17, 15) is 9.59 Å². The molecule has 126 valence electrons. The van der Waals surface area contributed by atoms with Crippen molar-refractivity contribution in [1.82, 2.24) is 0 Å². The Bertz CT molecular complexity index is 261. The number of rotatable bonds is 4. The number of aliphatic carboxylic acids is 2. The average molecular weight is 308 g/mol. The summed E-state index contributed by atoms with van der Waals surface area (Å²) < 4.78 is 5.16. The van der Waals surface area contributed by atoms with Gasteiger partial charge >= 0.3 is 11.9 Å². The summed E-state index contributed by atoms with van der Waals surface area (Å²) in [5, 5.41) is 33.1. The SMILES string of the molecule is CC(C)C(=O)O.CC(C)C(=O)O.OCC1CCC(CO)O1. The Labute approximate surface area is 125 Å². The molecule has 2 unspecified atom stereocenters. The van der Waals surface area contributed by atoms with Gasteiger partial charge in [0.25, 0.3) is 0 Å². The molecule has 1 aliphatic heterocycles. The number of hydrogen-bond acceptors (Lipinski definition) is 5. The second-order valence-electron chi connectivity index (χ2n) is 5.31. The first-order chi connectivity index (χ1) is 9.65. The first-order valence-electron chi connectivity index (χ1n) is 6.98. The Hall–Kier alpha value is -1.18. The first kappa shape index (κ1) is 22.1. The standard InChI is InChI=1S/C6H12O3.2C4H8O2/c7-3-5-1-2-6(4-8)9-5;2*1-3(2)4(5)6/h5-8H,1-4H2;2*3H,1-2H3,(H,5,6). The topological polar surface area (TPSA) is 124 Å². The first-order valence-corrected chi connectivity index (χ1v) is 6.98. The predicted molar refractivity (Wildman–Crippen MR) is 77.0 cm³/mol. The van der Waals surface area contributed by atoms with Crippen molar-refractivity contribution in [3.05, 3.63) is 0 Å². The van der Waals surface area contributed by atoms with Gasteiger partial charge in [0.1, 0.15) is 0 Å². The van der Waals surface area contributed by atoms with Crippen LogP contribution in [0.4, 0.5) is 0 Å². The molecule has 1 aliphatic rings. The van der Waals surface area contributed by atoms with Gasteiger partial charge in [-0.25, -0.2) is 0 Å². The molecule has 1 fully saturated rings. The van der Waals surface area contributed by atoms with Crippen LogP contribution in [0.5, 0.6) is 0 Å². The monoisotopic (exact) mass is 308 g/mol. The van der Waals surface area contributed by atoms with Crippen LogP contribution in [0.1, 0.15) is 40.5 Å². The fraction of sp³-hybridized carbons (Fsp3) is 0.857. The van der Waals surface area contributed by atoms with Gasteiger partial charge < -0.3 is 25.2 Å². The van der Waals surface area contributed by atoms with Crippen LogP contribution in [0, 0.1) is 11.8 Å². The zero-order valence-corrected chi connectivity index (χ0v) is 13.2. The zero-order chi connectivity index (χ0) is 17.0. The summed E-state index contributed by atoms with van der Waals surface area (Å²) in [5.41, 5.74) is 0. The van der Waals surface area contributed by atoms with Gasteiger partial charge in [-0.3, -0.25) is 9.59 Å². The Morgan fingerprint density at radius 1 is 0.905 bits per heavy atom. The Balaban J connectivity index is 0. The van der Waals surface area contributed by atoms with Gasteiger partial charge in [0, 0.05) is 0 Å². The smallest absolute Gasteiger partial charge is 0.305 e. The highest BCUT2D eigenvalue weighted by atomic mass is 16.5. The van der Waals surface area contributed by atoms with Crippen molar-refractivity contribution in [3.63, 3.8) is 0 Å². The quantitative estimate of drug-likeness (QED) is 0.610. The van der Waals surface area contributed by atoms with E-state index in [1.165, 1.54) is 0 Å². The van der Waals surface area contributed by atoms with E-state index in [1.807, 2.05) is 0 Å². The van der Waals surface area contributed by atoms with Crippen LogP contribution >= 0.6 is 0 Å². The van der Waals surface area contributed by atoms with Crippen molar-refractivity contribution in [2.75, 3.05) is 13.2 Å². The molecule has 0 aromatic carbocycles. The van der Waals surface area contributed by atoms with E-state index >= 15 is 0 Å². The minimum atomic E-state index is -0.741. The van der Waals surface area contributed by atoms with Crippen molar-refractivity contribution < 1.29 is 34.8 Å². The molecule has 0 spiro atoms. The van der Waals surface area contributed by atoms with Crippen LogP contribution in [0.25, 0.3) is 0 Å². The summed E-state index contributed by atoms with van der Waals surface area (Å²) in [7, 11) is 0. The number of aliphatic hydroxyl groups excluding tert-OH is 2. The van der Waals surface area contributed by atoms with E-state index in [-0.39, 0.29) is 37.3 Å². The van der Waals surface area contributed by atoms with E-state index in [1.54, 1.807) is 27.7 Å². The molecule has 7 heteroatoms. The lowest BCUT2D eigenvalue weighted by atomic mass is 10.2. The highest BCUT2D eigenvalue weighted by Crippen LogP contribution is 2.18. The van der Waals surface area contributed by atoms with Crippen molar-refractivity contribution in [3.8, 4) is 0 Å². The largest absolute Gasteiger partial charge is 0.481 e. The van der Waals surface area contributed by atoms with E-state index in [2.05, 4.69) is 0 Å². The number of carboxylic acid groups (broad SMARTS) is 2. The maximum absolute atomic E-state index is 9.70. The van der Waals surface area contributed by atoms with E-state index in [4.69, 9.17) is 25.2 Å². The molecule has 0 amide bonds. The molecule has 7 nitrogen and oxygen atoms in total. The second-order valence-corrected chi connectivity index (χ2v) is 5.31. The Morgan fingerprint density at radius 2 is 1.14 bits per heavy atom. The molecule has 4 N–H and O–H groups in total. The Kier molecular flexibility index (Phi) is 13.2. The van der Waals surface area contributed by atoms with E-state index < -0.39 is 11.9 Å². The van der Waals surface area contributed by atoms with Crippen LogP contribution in [0.2, 0.25) is 0 Å². The van der Waals surface area contributed by atoms with Gasteiger partial charge in [-0.2, -0.15) is 0 Å². The van der Waals surface area contributed by atoms with Crippen LogP contribution in [-0.4, -0.2) is 57.8 Å². The average Bonchev–Trinajstić information content (AvgIpc) is 2.87. The summed E-state index contributed by atoms with van der Waals surface area (Å²) in [4.78, 5) is 19.4. The van der Waals surface area contributed by atoms with E-state index in [0.29, 0.717) is 0 Å². The summed E-state index contributed by atoms with van der Waals surface area (Å²) in [5.74, 6) is -1.94. The van der Waals surface area contributed by atoms with Crippen LogP contribution in [-0.2, 0) is 14.3 Å². The zero-order valence-electron chi connectivity index (χ0n) is 13.2. The molecule has 1 saturated heterocycles. The molecule has 1 rings (SSSR count). The van der Waals surface area contributed by atoms with Crippen molar-refractivity contribution in [1.29, 1.82) is 0 Å². The number of carboxylic acids is 2. The molecule has 2 atom stereocenters. The molecule has 0 radical (unpaired) electrons. The molecule has 0 aromatic heterocycles. The number of ether oxygens (including phenoxy) is 1. The van der Waals surface area contributed by atoms with Crippen LogP contribution < -0.4 is 0 Å². The van der Waals surface area contributed by atoms with Gasteiger partial charge in [-0.15, -0.1) is 0 Å². The lowest BCUT2D eigenvalue weighted by Gasteiger charge is -2.07. The van der Waals surface area contributed by atoms with Crippen molar-refractivity contribution in [2.24, 2.45) is 11.8 Å². The molecule has 1 heterocycles. The van der Waals surface area contributed by atoms with Gasteiger partial charge in [0.2, 0.25) is 0 Å². The van der Waals surface area contributed by atoms with Crippen LogP contribution in [0.15, 0.2) is 0 Å². The lowest BCUT2D eigenvalue weighted by molar-refractivity contribution is -0.141. The highest BCUT2D eigenvalue weighted by molar-refractivity contribution is 5.69. The second kappa shape index (κ2) is 12.6. The third-order valence-corrected chi connectivity index (χ3v) is 2.59. The molecule has 0 saturated carbocycles. The van der Waals surface area contributed by atoms with Crippen molar-refractivity contribution >= 4 is 11.9 Å². The number of hydrogen-bond donors (Lipinski definition) is 4. The summed E-state index contributed by atoms with van der Waals surface area (Å²) in [6.07, 6.45) is 1.70. The summed E-state index contributed by atoms with van der Waals surface area (Å²) in [6, 6.07) is 0. The third kappa shape index (κ3) is 13.6. The molecular formula is C14H28O7. The summed E-state index contributed by atoms with van der Waals surface area (Å²) >= 11 is 0. The molecular weight excluding hydrogens is 280 g/mol. The Morgan fingerprint density at radius 3 is 1.24 bits per heavy atom. The van der Waals surface area contributed by atoms with Gasteiger partial charge in [-0.1, -0.05) is 27.7 Å². The minimum absolute atomic E-state index is 0.0258. The third-order valence-electron chi connectivity index (χ3n) is 2.59. The minimum Gasteiger partial charge on any atom is -0.481 e. The lowest BCUT2D eigenvalue weighted by Crippen LogP contribution is -2.16. The van der Waals surface area contributed by atoms with Gasteiger partial charge in [0.15, 0.2) is 0 Å². The maximum Gasteiger partial charge on any atom is 0.305 e. The number of aliphatic hydroxyl groups is 2. The highest BCUT2D eigenvalue weighted by Gasteiger charge is 2.23. The van der Waals surface area contributed by atoms with E-state index in [0.717, 1.165) is 12.8 Å². The molecule has 21 heavy (non-hydrogen) atoms.